The van der Waals surface area contributed by atoms with E-state index in [1.54, 1.807) is 17.2 Å². The summed E-state index contributed by atoms with van der Waals surface area (Å²) in [5.74, 6) is 0.0103. The number of carbonyl (C=O) groups excluding carboxylic acids is 1. The van der Waals surface area contributed by atoms with E-state index in [9.17, 15) is 4.79 Å². The van der Waals surface area contributed by atoms with Crippen LogP contribution in [-0.4, -0.2) is 42.0 Å². The Kier molecular flexibility index (Phi) is 9.35. The first-order chi connectivity index (χ1) is 11.2. The van der Waals surface area contributed by atoms with Crippen LogP contribution < -0.4 is 16.2 Å². The van der Waals surface area contributed by atoms with Crippen molar-refractivity contribution in [2.75, 3.05) is 26.2 Å². The van der Waals surface area contributed by atoms with Gasteiger partial charge in [0.1, 0.15) is 0 Å². The van der Waals surface area contributed by atoms with Gasteiger partial charge in [-0.25, -0.2) is 5.43 Å². The molecule has 0 fully saturated rings. The first-order valence-corrected chi connectivity index (χ1v) is 7.84. The van der Waals surface area contributed by atoms with E-state index in [-0.39, 0.29) is 12.5 Å². The minimum absolute atomic E-state index is 0.0103. The lowest BCUT2D eigenvalue weighted by Crippen LogP contribution is -2.44. The molecular formula is C17H27N5O. The number of hydrazine groups is 1. The van der Waals surface area contributed by atoms with Crippen LogP contribution in [0.3, 0.4) is 0 Å². The summed E-state index contributed by atoms with van der Waals surface area (Å²) in [6.07, 6.45) is 4.23. The zero-order valence-electron chi connectivity index (χ0n) is 13.8. The molecule has 0 saturated heterocycles. The van der Waals surface area contributed by atoms with Gasteiger partial charge in [0.2, 0.25) is 5.91 Å². The molecule has 0 radical (unpaired) electrons. The van der Waals surface area contributed by atoms with Gasteiger partial charge in [-0.2, -0.15) is 0 Å². The fraction of sp³-hybridized carbons (Fsp3) is 0.412. The number of pyridine rings is 1. The Labute approximate surface area is 138 Å². The molecule has 126 valence electrons. The molecule has 1 aromatic rings. The van der Waals surface area contributed by atoms with Crippen LogP contribution in [-0.2, 0) is 17.8 Å². The van der Waals surface area contributed by atoms with E-state index in [0.29, 0.717) is 26.2 Å². The van der Waals surface area contributed by atoms with Gasteiger partial charge in [-0.3, -0.25) is 15.2 Å². The quantitative estimate of drug-likeness (QED) is 0.305. The maximum atomic E-state index is 12.4. The van der Waals surface area contributed by atoms with Crippen molar-refractivity contribution in [2.45, 2.75) is 19.9 Å². The number of carbonyl (C=O) groups is 1. The highest BCUT2D eigenvalue weighted by Crippen LogP contribution is 2.04. The monoisotopic (exact) mass is 317 g/mol. The van der Waals surface area contributed by atoms with E-state index in [0.717, 1.165) is 17.8 Å². The van der Waals surface area contributed by atoms with Crippen LogP contribution in [0.5, 0.6) is 0 Å². The van der Waals surface area contributed by atoms with Crippen molar-refractivity contribution in [1.29, 1.82) is 0 Å². The van der Waals surface area contributed by atoms with Crippen molar-refractivity contribution in [3.8, 4) is 0 Å². The van der Waals surface area contributed by atoms with Gasteiger partial charge in [-0.05, 0) is 24.8 Å². The first-order valence-electron chi connectivity index (χ1n) is 7.84. The van der Waals surface area contributed by atoms with E-state index in [1.807, 2.05) is 18.2 Å². The fourth-order valence-corrected chi connectivity index (χ4v) is 2.00. The summed E-state index contributed by atoms with van der Waals surface area (Å²) in [5, 5.41) is 3.02. The summed E-state index contributed by atoms with van der Waals surface area (Å²) in [7, 11) is 0. The van der Waals surface area contributed by atoms with Gasteiger partial charge < -0.3 is 10.2 Å². The third kappa shape index (κ3) is 7.58. The van der Waals surface area contributed by atoms with Crippen LogP contribution in [0, 0.1) is 0 Å². The second-order valence-electron chi connectivity index (χ2n) is 4.97. The number of hydrogen-bond acceptors (Lipinski definition) is 5. The molecule has 0 bridgehead atoms. The molecule has 1 amide bonds. The van der Waals surface area contributed by atoms with Crippen LogP contribution in [0.15, 0.2) is 43.6 Å². The molecule has 3 N–H and O–H groups in total. The standard InChI is InChI=1S/C17H27N5O/c1-4-10-19-20-13-17(23)22(12-11-18-6-3)14-16-9-7-8-15(5-2)21-16/h4,6-9,18-20H,1,3,5,10-14H2,2H3. The van der Waals surface area contributed by atoms with Crippen molar-refractivity contribution in [3.05, 3.63) is 55.0 Å². The minimum Gasteiger partial charge on any atom is -0.390 e. The Morgan fingerprint density at radius 2 is 2.09 bits per heavy atom. The maximum absolute atomic E-state index is 12.4. The predicted octanol–water partition coefficient (Wildman–Crippen LogP) is 0.986. The molecule has 23 heavy (non-hydrogen) atoms. The number of hydrogen-bond donors (Lipinski definition) is 3. The summed E-state index contributed by atoms with van der Waals surface area (Å²) >= 11 is 0. The Morgan fingerprint density at radius 3 is 2.78 bits per heavy atom. The van der Waals surface area contributed by atoms with Gasteiger partial charge in [-0.15, -0.1) is 6.58 Å². The number of aromatic nitrogens is 1. The molecule has 0 aliphatic rings. The second kappa shape index (κ2) is 11.4. The molecule has 1 heterocycles. The summed E-state index contributed by atoms with van der Waals surface area (Å²) in [6, 6.07) is 5.93. The molecule has 0 atom stereocenters. The average molecular weight is 317 g/mol. The minimum atomic E-state index is 0.0103. The van der Waals surface area contributed by atoms with Crippen molar-refractivity contribution >= 4 is 5.91 Å². The van der Waals surface area contributed by atoms with Crippen LogP contribution in [0.2, 0.25) is 0 Å². The molecule has 0 aliphatic carbocycles. The van der Waals surface area contributed by atoms with Crippen LogP contribution in [0.25, 0.3) is 0 Å². The summed E-state index contributed by atoms with van der Waals surface area (Å²) in [6.45, 7) is 11.9. The van der Waals surface area contributed by atoms with Gasteiger partial charge in [0, 0.05) is 25.3 Å². The SMILES string of the molecule is C=CCNNCC(=O)N(CCNC=C)Cc1cccc(CC)n1. The Bertz CT molecular complexity index is 504. The first kappa shape index (κ1) is 18.9. The van der Waals surface area contributed by atoms with Gasteiger partial charge in [-0.1, -0.05) is 25.6 Å². The predicted molar refractivity (Wildman–Crippen MR) is 93.4 cm³/mol. The van der Waals surface area contributed by atoms with Crippen molar-refractivity contribution in [1.82, 2.24) is 26.1 Å². The molecule has 0 aliphatic heterocycles. The lowest BCUT2D eigenvalue weighted by molar-refractivity contribution is -0.131. The highest BCUT2D eigenvalue weighted by atomic mass is 16.2. The Hall–Kier alpha value is -2.18. The topological polar surface area (TPSA) is 69.3 Å². The Morgan fingerprint density at radius 1 is 1.30 bits per heavy atom. The van der Waals surface area contributed by atoms with Crippen LogP contribution in [0.1, 0.15) is 18.3 Å². The molecule has 6 heteroatoms. The number of nitrogens with zero attached hydrogens (tertiary/aromatic N) is 2. The molecule has 0 unspecified atom stereocenters. The van der Waals surface area contributed by atoms with E-state index >= 15 is 0 Å². The number of rotatable bonds is 12. The average Bonchev–Trinajstić information content (AvgIpc) is 2.58. The Balaban J connectivity index is 2.64. The third-order valence-corrected chi connectivity index (χ3v) is 3.21. The zero-order chi connectivity index (χ0) is 16.9. The largest absolute Gasteiger partial charge is 0.390 e. The molecule has 0 spiro atoms. The van der Waals surface area contributed by atoms with Gasteiger partial charge in [0.15, 0.2) is 0 Å². The number of amides is 1. The van der Waals surface area contributed by atoms with Gasteiger partial charge >= 0.3 is 0 Å². The molecule has 1 rings (SSSR count). The third-order valence-electron chi connectivity index (χ3n) is 3.21. The van der Waals surface area contributed by atoms with Gasteiger partial charge in [0.05, 0.1) is 18.8 Å². The van der Waals surface area contributed by atoms with Crippen molar-refractivity contribution < 1.29 is 4.79 Å². The number of nitrogens with one attached hydrogen (secondary N) is 3. The normalized spacial score (nSPS) is 10.1. The van der Waals surface area contributed by atoms with E-state index in [4.69, 9.17) is 0 Å². The molecule has 1 aromatic heterocycles. The van der Waals surface area contributed by atoms with Crippen molar-refractivity contribution in [3.63, 3.8) is 0 Å². The fourth-order valence-electron chi connectivity index (χ4n) is 2.00. The van der Waals surface area contributed by atoms with E-state index < -0.39 is 0 Å². The molecule has 6 nitrogen and oxygen atoms in total. The molecule has 0 saturated carbocycles. The highest BCUT2D eigenvalue weighted by molar-refractivity contribution is 5.78. The van der Waals surface area contributed by atoms with Gasteiger partial charge in [0.25, 0.3) is 0 Å². The lowest BCUT2D eigenvalue weighted by Gasteiger charge is -2.23. The molecular weight excluding hydrogens is 290 g/mol. The molecule has 0 aromatic carbocycles. The van der Waals surface area contributed by atoms with Crippen molar-refractivity contribution in [2.24, 2.45) is 0 Å². The van der Waals surface area contributed by atoms with Crippen LogP contribution >= 0.6 is 0 Å². The van der Waals surface area contributed by atoms with E-state index in [1.165, 1.54) is 0 Å². The summed E-state index contributed by atoms with van der Waals surface area (Å²) in [4.78, 5) is 18.7. The lowest BCUT2D eigenvalue weighted by atomic mass is 10.2. The zero-order valence-corrected chi connectivity index (χ0v) is 13.8. The van der Waals surface area contributed by atoms with Crippen LogP contribution in [0.4, 0.5) is 0 Å². The second-order valence-corrected chi connectivity index (χ2v) is 4.97. The van der Waals surface area contributed by atoms with E-state index in [2.05, 4.69) is 41.2 Å². The summed E-state index contributed by atoms with van der Waals surface area (Å²) < 4.78 is 0. The summed E-state index contributed by atoms with van der Waals surface area (Å²) in [5.41, 5.74) is 7.73. The maximum Gasteiger partial charge on any atom is 0.238 e. The smallest absolute Gasteiger partial charge is 0.238 e. The number of aryl methyl sites for hydroxylation is 1. The highest BCUT2D eigenvalue weighted by Gasteiger charge is 2.14.